The van der Waals surface area contributed by atoms with Gasteiger partial charge in [-0.2, -0.15) is 27.1 Å². The number of sulfone groups is 1. The van der Waals surface area contributed by atoms with Gasteiger partial charge >= 0.3 is 12.8 Å². The fraction of sp³-hybridized carbons (Fsp3) is 0.593. The van der Waals surface area contributed by atoms with Crippen LogP contribution in [0.1, 0.15) is 56.6 Å². The predicted octanol–water partition coefficient (Wildman–Crippen LogP) is 5.11. The van der Waals surface area contributed by atoms with Crippen molar-refractivity contribution in [3.63, 3.8) is 0 Å². The van der Waals surface area contributed by atoms with Crippen molar-refractivity contribution >= 4 is 33.3 Å². The summed E-state index contributed by atoms with van der Waals surface area (Å²) in [5.74, 6) is -1.52. The highest BCUT2D eigenvalue weighted by Gasteiger charge is 2.47. The number of aromatic nitrogens is 2. The van der Waals surface area contributed by atoms with Gasteiger partial charge in [0.15, 0.2) is 15.5 Å². The van der Waals surface area contributed by atoms with Gasteiger partial charge in [-0.3, -0.25) is 14.3 Å². The molecular weight excluding hydrogens is 623 g/mol. The zero-order valence-corrected chi connectivity index (χ0v) is 25.8. The van der Waals surface area contributed by atoms with E-state index in [9.17, 15) is 40.0 Å². The molecule has 0 spiro atoms. The standard InChI is InChI=1S/C27H34ClF5N4O5S/c1-6-37-23(19-10-7-16(11-20(19)42-25(29)30)12-26(3,4)27(31,32)33)21(28)22(35-37)24(39)34-13-17-8-9-18(43(5,40)41)14-36(17)15(2)38/h7,10-11,17-18,25H,6,8-9,12-14H2,1-5H3,(H,34,39). The van der Waals surface area contributed by atoms with E-state index in [1.807, 2.05) is 0 Å². The van der Waals surface area contributed by atoms with Gasteiger partial charge in [0, 0.05) is 44.4 Å². The number of alkyl halides is 5. The van der Waals surface area contributed by atoms with Gasteiger partial charge < -0.3 is 15.0 Å². The average Bonchev–Trinajstić information content (AvgIpc) is 3.21. The van der Waals surface area contributed by atoms with Crippen molar-refractivity contribution in [3.05, 3.63) is 34.5 Å². The lowest BCUT2D eigenvalue weighted by Crippen LogP contribution is -2.53. The number of aryl methyl sites for hydroxylation is 1. The van der Waals surface area contributed by atoms with Crippen LogP contribution in [0.15, 0.2) is 18.2 Å². The fourth-order valence-corrected chi connectivity index (χ4v) is 6.30. The summed E-state index contributed by atoms with van der Waals surface area (Å²) < 4.78 is 97.0. The molecule has 0 saturated carbocycles. The van der Waals surface area contributed by atoms with Crippen LogP contribution in [0.25, 0.3) is 11.3 Å². The second-order valence-electron chi connectivity index (χ2n) is 11.2. The zero-order valence-electron chi connectivity index (χ0n) is 24.3. The number of hydrogen-bond acceptors (Lipinski definition) is 6. The Hall–Kier alpha value is -2.94. The van der Waals surface area contributed by atoms with E-state index < -0.39 is 57.4 Å². The van der Waals surface area contributed by atoms with E-state index in [0.717, 1.165) is 26.2 Å². The van der Waals surface area contributed by atoms with Crippen LogP contribution in [0.2, 0.25) is 5.02 Å². The van der Waals surface area contributed by atoms with E-state index in [1.54, 1.807) is 6.92 Å². The Labute approximate surface area is 251 Å². The molecule has 0 aliphatic carbocycles. The number of halogens is 6. The molecule has 16 heteroatoms. The van der Waals surface area contributed by atoms with Gasteiger partial charge in [0.1, 0.15) is 5.75 Å². The lowest BCUT2D eigenvalue weighted by atomic mass is 9.84. The van der Waals surface area contributed by atoms with Crippen molar-refractivity contribution < 1.29 is 44.7 Å². The van der Waals surface area contributed by atoms with Crippen LogP contribution in [0.5, 0.6) is 5.75 Å². The first-order valence-electron chi connectivity index (χ1n) is 13.4. The summed E-state index contributed by atoms with van der Waals surface area (Å²) in [5.41, 5.74) is -2.26. The second-order valence-corrected chi connectivity index (χ2v) is 13.9. The zero-order chi connectivity index (χ0) is 32.5. The van der Waals surface area contributed by atoms with E-state index in [4.69, 9.17) is 11.6 Å². The maximum atomic E-state index is 13.4. The largest absolute Gasteiger partial charge is 0.434 e. The summed E-state index contributed by atoms with van der Waals surface area (Å²) in [6.45, 7) is 1.77. The van der Waals surface area contributed by atoms with E-state index >= 15 is 0 Å². The number of benzene rings is 1. The molecule has 2 aromatic rings. The van der Waals surface area contributed by atoms with Crippen molar-refractivity contribution in [2.24, 2.45) is 5.41 Å². The Morgan fingerprint density at radius 3 is 2.40 bits per heavy atom. The van der Waals surface area contributed by atoms with Gasteiger partial charge in [-0.25, -0.2) is 8.42 Å². The molecule has 1 aliphatic rings. The summed E-state index contributed by atoms with van der Waals surface area (Å²) in [7, 11) is -3.38. The van der Waals surface area contributed by atoms with Crippen molar-refractivity contribution in [1.82, 2.24) is 20.0 Å². The smallest absolute Gasteiger partial charge is 0.394 e. The van der Waals surface area contributed by atoms with Crippen LogP contribution in [0, 0.1) is 5.41 Å². The first-order chi connectivity index (χ1) is 19.8. The van der Waals surface area contributed by atoms with E-state index in [0.29, 0.717) is 12.8 Å². The molecule has 9 nitrogen and oxygen atoms in total. The number of carbonyl (C=O) groups excluding carboxylic acids is 2. The minimum absolute atomic E-state index is 0.00545. The number of amides is 2. The highest BCUT2D eigenvalue weighted by atomic mass is 35.5. The highest BCUT2D eigenvalue weighted by Crippen LogP contribution is 2.43. The summed E-state index contributed by atoms with van der Waals surface area (Å²) in [6.07, 6.45) is -3.31. The predicted molar refractivity (Wildman–Crippen MR) is 150 cm³/mol. The van der Waals surface area contributed by atoms with Gasteiger partial charge in [0.2, 0.25) is 5.91 Å². The fourth-order valence-electron chi connectivity index (χ4n) is 4.98. The Bertz CT molecular complexity index is 1460. The molecule has 2 atom stereocenters. The molecular formula is C27H34ClF5N4O5S. The third-order valence-electron chi connectivity index (χ3n) is 7.51. The number of hydrogen-bond donors (Lipinski definition) is 1. The SMILES string of the molecule is CCn1nc(C(=O)NCC2CCC(S(C)(=O)=O)CN2C(C)=O)c(Cl)c1-c1ccc(CC(C)(C)C(F)(F)F)cc1OC(F)F. The molecule has 1 saturated heterocycles. The molecule has 1 aliphatic heterocycles. The normalized spacial score (nSPS) is 18.2. The Kier molecular flexibility index (Phi) is 10.4. The van der Waals surface area contributed by atoms with Gasteiger partial charge in [-0.05, 0) is 43.9 Å². The van der Waals surface area contributed by atoms with Gasteiger partial charge in [0.25, 0.3) is 5.91 Å². The van der Waals surface area contributed by atoms with Crippen molar-refractivity contribution in [2.45, 2.75) is 77.6 Å². The van der Waals surface area contributed by atoms with E-state index in [1.165, 1.54) is 28.6 Å². The Balaban J connectivity index is 1.91. The van der Waals surface area contributed by atoms with Crippen molar-refractivity contribution in [2.75, 3.05) is 19.3 Å². The summed E-state index contributed by atoms with van der Waals surface area (Å²) in [4.78, 5) is 26.8. The maximum absolute atomic E-state index is 13.4. The molecule has 2 heterocycles. The molecule has 3 rings (SSSR count). The molecule has 1 N–H and O–H groups in total. The molecule has 2 amide bonds. The molecule has 1 aromatic carbocycles. The van der Waals surface area contributed by atoms with Crippen LogP contribution in [-0.4, -0.2) is 78.3 Å². The van der Waals surface area contributed by atoms with E-state index in [-0.39, 0.29) is 53.1 Å². The molecule has 0 bridgehead atoms. The number of ether oxygens (including phenoxy) is 1. The topological polar surface area (TPSA) is 111 Å². The monoisotopic (exact) mass is 656 g/mol. The molecule has 240 valence electrons. The quantitative estimate of drug-likeness (QED) is 0.356. The van der Waals surface area contributed by atoms with Crippen LogP contribution < -0.4 is 10.1 Å². The number of nitrogens with zero attached hydrogens (tertiary/aromatic N) is 3. The molecule has 2 unspecified atom stereocenters. The average molecular weight is 657 g/mol. The second kappa shape index (κ2) is 13.0. The number of carbonyl (C=O) groups is 2. The number of nitrogens with one attached hydrogen (secondary N) is 1. The Morgan fingerprint density at radius 1 is 1.21 bits per heavy atom. The van der Waals surface area contributed by atoms with E-state index in [2.05, 4.69) is 15.2 Å². The number of rotatable bonds is 10. The minimum atomic E-state index is -4.55. The van der Waals surface area contributed by atoms with Gasteiger partial charge in [-0.15, -0.1) is 0 Å². The lowest BCUT2D eigenvalue weighted by Gasteiger charge is -2.38. The third-order valence-corrected chi connectivity index (χ3v) is 9.46. The first kappa shape index (κ1) is 34.5. The summed E-state index contributed by atoms with van der Waals surface area (Å²) in [5, 5.41) is 5.97. The first-order valence-corrected chi connectivity index (χ1v) is 15.8. The lowest BCUT2D eigenvalue weighted by molar-refractivity contribution is -0.211. The van der Waals surface area contributed by atoms with Crippen LogP contribution in [0.4, 0.5) is 22.0 Å². The Morgan fingerprint density at radius 2 is 1.86 bits per heavy atom. The molecule has 1 fully saturated rings. The van der Waals surface area contributed by atoms with Crippen LogP contribution in [0.3, 0.4) is 0 Å². The van der Waals surface area contributed by atoms with Crippen molar-refractivity contribution in [3.8, 4) is 17.0 Å². The van der Waals surface area contributed by atoms with Gasteiger partial charge in [-0.1, -0.05) is 31.5 Å². The van der Waals surface area contributed by atoms with Gasteiger partial charge in [0.05, 0.1) is 21.4 Å². The maximum Gasteiger partial charge on any atom is 0.394 e. The number of likely N-dealkylation sites (tertiary alicyclic amines) is 1. The molecule has 1 aromatic heterocycles. The minimum Gasteiger partial charge on any atom is -0.434 e. The molecule has 0 radical (unpaired) electrons. The van der Waals surface area contributed by atoms with Crippen LogP contribution in [-0.2, 0) is 27.6 Å². The number of piperidine rings is 1. The highest BCUT2D eigenvalue weighted by molar-refractivity contribution is 7.91. The summed E-state index contributed by atoms with van der Waals surface area (Å²) >= 11 is 6.56. The van der Waals surface area contributed by atoms with Crippen LogP contribution >= 0.6 is 11.6 Å². The third kappa shape index (κ3) is 7.97. The summed E-state index contributed by atoms with van der Waals surface area (Å²) in [6, 6.07) is 3.24. The van der Waals surface area contributed by atoms with Crippen molar-refractivity contribution in [1.29, 1.82) is 0 Å². The molecule has 43 heavy (non-hydrogen) atoms.